The zero-order valence-corrected chi connectivity index (χ0v) is 16.4. The first-order chi connectivity index (χ1) is 11.8. The highest BCUT2D eigenvalue weighted by atomic mass is 16.5. The van der Waals surface area contributed by atoms with Gasteiger partial charge in [-0.1, -0.05) is 13.8 Å². The molecule has 0 aliphatic heterocycles. The first-order valence-electron chi connectivity index (χ1n) is 9.56. The van der Waals surface area contributed by atoms with Gasteiger partial charge in [-0.15, -0.1) is 0 Å². The second-order valence-corrected chi connectivity index (χ2v) is 7.72. The highest BCUT2D eigenvalue weighted by Crippen LogP contribution is 2.29. The largest absolute Gasteiger partial charge is 0.490 e. The Morgan fingerprint density at radius 3 is 2.56 bits per heavy atom. The van der Waals surface area contributed by atoms with Gasteiger partial charge in [-0.2, -0.15) is 0 Å². The van der Waals surface area contributed by atoms with Gasteiger partial charge in [-0.3, -0.25) is 4.79 Å². The molecule has 1 aromatic carbocycles. The average molecular weight is 347 g/mol. The molecule has 4 nitrogen and oxygen atoms in total. The molecule has 2 rings (SSSR count). The molecule has 0 saturated heterocycles. The summed E-state index contributed by atoms with van der Waals surface area (Å²) in [5, 5.41) is 3.01. The van der Waals surface area contributed by atoms with Crippen LogP contribution in [0.2, 0.25) is 0 Å². The van der Waals surface area contributed by atoms with Crippen LogP contribution in [-0.2, 0) is 9.53 Å². The van der Waals surface area contributed by atoms with Crippen LogP contribution in [0.5, 0.6) is 5.75 Å². The third-order valence-corrected chi connectivity index (χ3v) is 4.77. The maximum atomic E-state index is 12.8. The smallest absolute Gasteiger partial charge is 0.256 e. The molecule has 0 bridgehead atoms. The molecule has 4 heteroatoms. The Balaban J connectivity index is 2.05. The van der Waals surface area contributed by atoms with Crippen LogP contribution < -0.4 is 10.1 Å². The van der Waals surface area contributed by atoms with Crippen LogP contribution in [0.1, 0.15) is 65.4 Å². The molecule has 1 aromatic rings. The van der Waals surface area contributed by atoms with Gasteiger partial charge in [0, 0.05) is 12.3 Å². The monoisotopic (exact) mass is 347 g/mol. The van der Waals surface area contributed by atoms with Gasteiger partial charge < -0.3 is 14.8 Å². The number of hydrogen-bond donors (Lipinski definition) is 1. The van der Waals surface area contributed by atoms with Crippen molar-refractivity contribution in [1.29, 1.82) is 0 Å². The Morgan fingerprint density at radius 1 is 1.32 bits per heavy atom. The molecular formula is C21H33NO3. The Labute approximate surface area is 152 Å². The zero-order valence-electron chi connectivity index (χ0n) is 16.4. The maximum absolute atomic E-state index is 12.8. The van der Waals surface area contributed by atoms with Gasteiger partial charge in [-0.25, -0.2) is 0 Å². The first kappa shape index (κ1) is 19.8. The molecular weight excluding hydrogens is 314 g/mol. The fourth-order valence-corrected chi connectivity index (χ4v) is 3.62. The summed E-state index contributed by atoms with van der Waals surface area (Å²) in [4.78, 5) is 12.8. The topological polar surface area (TPSA) is 47.6 Å². The normalized spacial score (nSPS) is 17.5. The summed E-state index contributed by atoms with van der Waals surface area (Å²) in [7, 11) is 0. The molecule has 0 radical (unpaired) electrons. The van der Waals surface area contributed by atoms with E-state index in [-0.39, 0.29) is 5.91 Å². The number of benzene rings is 1. The van der Waals surface area contributed by atoms with Crippen molar-refractivity contribution < 1.29 is 14.3 Å². The number of carbonyl (C=O) groups is 1. The van der Waals surface area contributed by atoms with Crippen LogP contribution >= 0.6 is 0 Å². The molecule has 1 amide bonds. The summed E-state index contributed by atoms with van der Waals surface area (Å²) in [6.45, 7) is 10.5. The van der Waals surface area contributed by atoms with Gasteiger partial charge in [0.05, 0.1) is 6.10 Å². The third kappa shape index (κ3) is 5.46. The van der Waals surface area contributed by atoms with Gasteiger partial charge in [-0.05, 0) is 82.6 Å². The molecule has 1 saturated carbocycles. The van der Waals surface area contributed by atoms with Gasteiger partial charge in [0.15, 0.2) is 0 Å². The van der Waals surface area contributed by atoms with Crippen molar-refractivity contribution in [2.75, 3.05) is 11.9 Å². The molecule has 1 aliphatic rings. The van der Waals surface area contributed by atoms with E-state index in [1.807, 2.05) is 39.0 Å². The van der Waals surface area contributed by atoms with Crippen molar-refractivity contribution in [2.24, 2.45) is 5.92 Å². The van der Waals surface area contributed by atoms with Crippen molar-refractivity contribution in [3.05, 3.63) is 23.8 Å². The lowest BCUT2D eigenvalue weighted by Gasteiger charge is -2.30. The van der Waals surface area contributed by atoms with Gasteiger partial charge in [0.1, 0.15) is 11.4 Å². The number of hydrogen-bond acceptors (Lipinski definition) is 3. The van der Waals surface area contributed by atoms with E-state index in [1.54, 1.807) is 0 Å². The number of ether oxygens (including phenoxy) is 2. The molecule has 0 unspecified atom stereocenters. The number of anilines is 1. The van der Waals surface area contributed by atoms with Crippen molar-refractivity contribution >= 4 is 11.6 Å². The van der Waals surface area contributed by atoms with Crippen molar-refractivity contribution in [3.8, 4) is 5.75 Å². The quantitative estimate of drug-likeness (QED) is 0.712. The summed E-state index contributed by atoms with van der Waals surface area (Å²) in [5.41, 5.74) is 1.03. The standard InChI is InChI=1S/C21H33NO3/c1-6-24-21(5,14-15(2)3)20(23)22-17-11-12-19(16(4)13-17)25-18-9-7-8-10-18/h11-13,15,18H,6-10,14H2,1-5H3,(H,22,23)/t21-/m0/s1. The van der Waals surface area contributed by atoms with Crippen molar-refractivity contribution in [2.45, 2.75) is 78.4 Å². The van der Waals surface area contributed by atoms with Crippen molar-refractivity contribution in [1.82, 2.24) is 0 Å². The van der Waals surface area contributed by atoms with Crippen LogP contribution in [0.25, 0.3) is 0 Å². The molecule has 1 fully saturated rings. The van der Waals surface area contributed by atoms with Crippen LogP contribution in [-0.4, -0.2) is 24.2 Å². The summed E-state index contributed by atoms with van der Waals surface area (Å²) >= 11 is 0. The van der Waals surface area contributed by atoms with E-state index < -0.39 is 5.60 Å². The first-order valence-corrected chi connectivity index (χ1v) is 9.56. The van der Waals surface area contributed by atoms with Crippen LogP contribution in [0, 0.1) is 12.8 Å². The van der Waals surface area contributed by atoms with Crippen LogP contribution in [0.3, 0.4) is 0 Å². The third-order valence-electron chi connectivity index (χ3n) is 4.77. The molecule has 0 heterocycles. The summed E-state index contributed by atoms with van der Waals surface area (Å²) in [5.74, 6) is 1.21. The molecule has 1 aliphatic carbocycles. The Morgan fingerprint density at radius 2 is 2.00 bits per heavy atom. The number of carbonyl (C=O) groups excluding carboxylic acids is 1. The van der Waals surface area contributed by atoms with E-state index in [0.29, 0.717) is 25.0 Å². The molecule has 1 N–H and O–H groups in total. The van der Waals surface area contributed by atoms with E-state index in [0.717, 1.165) is 29.8 Å². The zero-order chi connectivity index (χ0) is 18.4. The van der Waals surface area contributed by atoms with Gasteiger partial charge >= 0.3 is 0 Å². The molecule has 140 valence electrons. The lowest BCUT2D eigenvalue weighted by atomic mass is 9.93. The predicted molar refractivity (Wildman–Crippen MR) is 102 cm³/mol. The lowest BCUT2D eigenvalue weighted by molar-refractivity contribution is -0.140. The van der Waals surface area contributed by atoms with E-state index in [2.05, 4.69) is 19.2 Å². The van der Waals surface area contributed by atoms with Crippen LogP contribution in [0.4, 0.5) is 5.69 Å². The van der Waals surface area contributed by atoms with E-state index in [9.17, 15) is 4.79 Å². The number of rotatable bonds is 8. The highest BCUT2D eigenvalue weighted by Gasteiger charge is 2.34. The molecule has 0 aromatic heterocycles. The van der Waals surface area contributed by atoms with E-state index in [4.69, 9.17) is 9.47 Å². The Bertz CT molecular complexity index is 579. The minimum absolute atomic E-state index is 0.0908. The molecule has 25 heavy (non-hydrogen) atoms. The number of nitrogens with one attached hydrogen (secondary N) is 1. The predicted octanol–water partition coefficient (Wildman–Crippen LogP) is 5.10. The Hall–Kier alpha value is -1.55. The molecule has 1 atom stereocenters. The minimum Gasteiger partial charge on any atom is -0.490 e. The van der Waals surface area contributed by atoms with Crippen LogP contribution in [0.15, 0.2) is 18.2 Å². The fraction of sp³-hybridized carbons (Fsp3) is 0.667. The van der Waals surface area contributed by atoms with E-state index in [1.165, 1.54) is 12.8 Å². The van der Waals surface area contributed by atoms with Gasteiger partial charge in [0.25, 0.3) is 5.91 Å². The second-order valence-electron chi connectivity index (χ2n) is 7.72. The summed E-state index contributed by atoms with van der Waals surface area (Å²) in [6.07, 6.45) is 5.81. The second kappa shape index (κ2) is 8.70. The maximum Gasteiger partial charge on any atom is 0.256 e. The number of aryl methyl sites for hydroxylation is 1. The fourth-order valence-electron chi connectivity index (χ4n) is 3.62. The minimum atomic E-state index is -0.810. The van der Waals surface area contributed by atoms with E-state index >= 15 is 0 Å². The summed E-state index contributed by atoms with van der Waals surface area (Å²) in [6, 6.07) is 5.85. The Kier molecular flexibility index (Phi) is 6.88. The SMILES string of the molecule is CCO[C@@](C)(CC(C)C)C(=O)Nc1ccc(OC2CCCC2)c(C)c1. The lowest BCUT2D eigenvalue weighted by Crippen LogP contribution is -2.44. The highest BCUT2D eigenvalue weighted by molar-refractivity contribution is 5.97. The number of amides is 1. The van der Waals surface area contributed by atoms with Crippen molar-refractivity contribution in [3.63, 3.8) is 0 Å². The average Bonchev–Trinajstić information content (AvgIpc) is 3.02. The van der Waals surface area contributed by atoms with Gasteiger partial charge in [0.2, 0.25) is 0 Å². The molecule has 0 spiro atoms. The summed E-state index contributed by atoms with van der Waals surface area (Å²) < 4.78 is 11.9.